The van der Waals surface area contributed by atoms with Gasteiger partial charge in [-0.15, -0.1) is 0 Å². The number of carbonyl (C=O) groups excluding carboxylic acids is 1. The molecule has 3 rings (SSSR count). The zero-order valence-electron chi connectivity index (χ0n) is 15.9. The number of benzene rings is 2. The summed E-state index contributed by atoms with van der Waals surface area (Å²) in [6.07, 6.45) is 2.61. The number of non-ortho nitro benzene ring substituents is 1. The molecular formula is C21H14Cl2N2O6. The number of aromatic carboxylic acids is 1. The number of carbonyl (C=O) groups is 2. The predicted octanol–water partition coefficient (Wildman–Crippen LogP) is 5.82. The summed E-state index contributed by atoms with van der Waals surface area (Å²) in [4.78, 5) is 33.8. The molecule has 2 aromatic carbocycles. The lowest BCUT2D eigenvalue weighted by molar-refractivity contribution is -0.384. The molecule has 0 aliphatic carbocycles. The van der Waals surface area contributed by atoms with Gasteiger partial charge in [-0.05, 0) is 48.9 Å². The summed E-state index contributed by atoms with van der Waals surface area (Å²) in [6.45, 7) is 1.73. The topological polar surface area (TPSA) is 123 Å². The average molecular weight is 461 g/mol. The highest BCUT2D eigenvalue weighted by Gasteiger charge is 2.14. The lowest BCUT2D eigenvalue weighted by atomic mass is 10.1. The molecule has 0 unspecified atom stereocenters. The molecule has 1 heterocycles. The van der Waals surface area contributed by atoms with Crippen LogP contribution in [0.4, 0.5) is 11.4 Å². The van der Waals surface area contributed by atoms with Crippen molar-refractivity contribution >= 4 is 52.5 Å². The molecule has 2 N–H and O–H groups in total. The van der Waals surface area contributed by atoms with E-state index in [0.29, 0.717) is 22.6 Å². The molecule has 0 bridgehead atoms. The Kier molecular flexibility index (Phi) is 6.43. The highest BCUT2D eigenvalue weighted by Crippen LogP contribution is 2.30. The summed E-state index contributed by atoms with van der Waals surface area (Å²) in [6, 6.07) is 10.1. The summed E-state index contributed by atoms with van der Waals surface area (Å²) in [7, 11) is 0. The molecule has 0 radical (unpaired) electrons. The van der Waals surface area contributed by atoms with Crippen molar-refractivity contribution in [1.82, 2.24) is 0 Å². The summed E-state index contributed by atoms with van der Waals surface area (Å²) in [5, 5.41) is 22.5. The first-order chi connectivity index (χ1) is 14.7. The molecule has 0 aliphatic rings. The van der Waals surface area contributed by atoms with Crippen LogP contribution in [0.5, 0.6) is 0 Å². The summed E-state index contributed by atoms with van der Waals surface area (Å²) in [5.41, 5.74) is 1.24. The van der Waals surface area contributed by atoms with Crippen molar-refractivity contribution in [2.24, 2.45) is 0 Å². The maximum atomic E-state index is 12.2. The minimum absolute atomic E-state index is 0.0171. The van der Waals surface area contributed by atoms with Gasteiger partial charge in [-0.2, -0.15) is 0 Å². The summed E-state index contributed by atoms with van der Waals surface area (Å²) in [5.74, 6) is -0.960. The molecule has 0 saturated carbocycles. The molecule has 8 nitrogen and oxygen atoms in total. The maximum Gasteiger partial charge on any atom is 0.337 e. The van der Waals surface area contributed by atoms with E-state index in [9.17, 15) is 19.7 Å². The van der Waals surface area contributed by atoms with Crippen LogP contribution in [-0.4, -0.2) is 21.9 Å². The molecule has 10 heteroatoms. The SMILES string of the molecule is Cc1cc([N+](=O)[O-])ccc1-c1ccc(/C=C/C(=O)Nc2cc(C(=O)O)c(Cl)cc2Cl)o1. The Bertz CT molecular complexity index is 1230. The second kappa shape index (κ2) is 9.03. The van der Waals surface area contributed by atoms with Gasteiger partial charge in [0.05, 0.1) is 26.2 Å². The average Bonchev–Trinajstić information content (AvgIpc) is 3.16. The van der Waals surface area contributed by atoms with Crippen molar-refractivity contribution in [2.45, 2.75) is 6.92 Å². The van der Waals surface area contributed by atoms with Gasteiger partial charge in [-0.3, -0.25) is 14.9 Å². The van der Waals surface area contributed by atoms with E-state index in [4.69, 9.17) is 32.7 Å². The van der Waals surface area contributed by atoms with Crippen LogP contribution in [0.2, 0.25) is 10.0 Å². The van der Waals surface area contributed by atoms with Crippen molar-refractivity contribution in [3.8, 4) is 11.3 Å². The van der Waals surface area contributed by atoms with Gasteiger partial charge in [0.25, 0.3) is 5.69 Å². The number of hydrogen-bond acceptors (Lipinski definition) is 5. The molecule has 3 aromatic rings. The quantitative estimate of drug-likeness (QED) is 0.271. The molecule has 1 amide bonds. The Balaban J connectivity index is 1.75. The van der Waals surface area contributed by atoms with Gasteiger partial charge < -0.3 is 14.8 Å². The van der Waals surface area contributed by atoms with Crippen molar-refractivity contribution in [2.75, 3.05) is 5.32 Å². The number of halogens is 2. The number of carboxylic acids is 1. The number of nitro benzene ring substituents is 1. The van der Waals surface area contributed by atoms with E-state index in [-0.39, 0.29) is 27.0 Å². The van der Waals surface area contributed by atoms with Gasteiger partial charge in [0, 0.05) is 23.8 Å². The van der Waals surface area contributed by atoms with Gasteiger partial charge in [0.1, 0.15) is 11.5 Å². The Labute approximate surface area is 185 Å². The van der Waals surface area contributed by atoms with Crippen LogP contribution in [0.15, 0.2) is 53.0 Å². The number of nitrogens with zero attached hydrogens (tertiary/aromatic N) is 1. The summed E-state index contributed by atoms with van der Waals surface area (Å²) >= 11 is 11.8. The number of rotatable bonds is 6. The standard InChI is InChI=1S/C21H14Cl2N2O6/c1-11-8-12(25(29)30)2-5-14(11)19-6-3-13(31-19)4-7-20(26)24-18-9-15(21(27)28)16(22)10-17(18)23/h2-10H,1H3,(H,24,26)(H,27,28)/b7-4+. The van der Waals surface area contributed by atoms with Crippen LogP contribution in [0, 0.1) is 17.0 Å². The van der Waals surface area contributed by atoms with Crippen LogP contribution >= 0.6 is 23.2 Å². The largest absolute Gasteiger partial charge is 0.478 e. The molecule has 0 fully saturated rings. The van der Waals surface area contributed by atoms with E-state index >= 15 is 0 Å². The zero-order chi connectivity index (χ0) is 22.7. The second-order valence-corrected chi connectivity index (χ2v) is 7.21. The third kappa shape index (κ3) is 5.11. The Hall–Kier alpha value is -3.62. The van der Waals surface area contributed by atoms with Crippen molar-refractivity contribution in [3.63, 3.8) is 0 Å². The normalized spacial score (nSPS) is 10.9. The van der Waals surface area contributed by atoms with Crippen LogP contribution in [0.25, 0.3) is 17.4 Å². The molecule has 1 aromatic heterocycles. The molecule has 0 saturated heterocycles. The number of furan rings is 1. The smallest absolute Gasteiger partial charge is 0.337 e. The predicted molar refractivity (Wildman–Crippen MR) is 117 cm³/mol. The van der Waals surface area contributed by atoms with Gasteiger partial charge in [0.2, 0.25) is 5.91 Å². The van der Waals surface area contributed by atoms with Crippen molar-refractivity contribution in [3.05, 3.63) is 85.6 Å². The minimum Gasteiger partial charge on any atom is -0.478 e. The lowest BCUT2D eigenvalue weighted by Crippen LogP contribution is -2.09. The first-order valence-corrected chi connectivity index (χ1v) is 9.48. The number of anilines is 1. The van der Waals surface area contributed by atoms with E-state index in [1.165, 1.54) is 36.4 Å². The minimum atomic E-state index is -1.25. The maximum absolute atomic E-state index is 12.2. The highest BCUT2D eigenvalue weighted by molar-refractivity contribution is 6.38. The van der Waals surface area contributed by atoms with E-state index in [2.05, 4.69) is 5.32 Å². The fraction of sp³-hybridized carbons (Fsp3) is 0.0476. The number of nitro groups is 1. The fourth-order valence-corrected chi connectivity index (χ4v) is 3.28. The van der Waals surface area contributed by atoms with Crippen molar-refractivity contribution in [1.29, 1.82) is 0 Å². The molecule has 0 aliphatic heterocycles. The third-order valence-electron chi connectivity index (χ3n) is 4.26. The van der Waals surface area contributed by atoms with Gasteiger partial charge in [-0.1, -0.05) is 23.2 Å². The van der Waals surface area contributed by atoms with Crippen LogP contribution < -0.4 is 5.32 Å². The van der Waals surface area contributed by atoms with Gasteiger partial charge in [0.15, 0.2) is 0 Å². The Morgan fingerprint density at radius 1 is 1.13 bits per heavy atom. The molecular weight excluding hydrogens is 447 g/mol. The van der Waals surface area contributed by atoms with Crippen LogP contribution in [0.1, 0.15) is 21.7 Å². The highest BCUT2D eigenvalue weighted by atomic mass is 35.5. The van der Waals surface area contributed by atoms with E-state index in [0.717, 1.165) is 0 Å². The van der Waals surface area contributed by atoms with Crippen molar-refractivity contribution < 1.29 is 24.0 Å². The summed E-state index contributed by atoms with van der Waals surface area (Å²) < 4.78 is 5.68. The Morgan fingerprint density at radius 3 is 2.52 bits per heavy atom. The van der Waals surface area contributed by atoms with Gasteiger partial charge >= 0.3 is 5.97 Å². The number of nitrogens with one attached hydrogen (secondary N) is 1. The van der Waals surface area contributed by atoms with Crippen LogP contribution in [0.3, 0.4) is 0 Å². The van der Waals surface area contributed by atoms with E-state index < -0.39 is 16.8 Å². The molecule has 31 heavy (non-hydrogen) atoms. The zero-order valence-corrected chi connectivity index (χ0v) is 17.4. The molecule has 158 valence electrons. The third-order valence-corrected chi connectivity index (χ3v) is 4.88. The lowest BCUT2D eigenvalue weighted by Gasteiger charge is -2.07. The number of hydrogen-bond donors (Lipinski definition) is 2. The fourth-order valence-electron chi connectivity index (χ4n) is 2.77. The second-order valence-electron chi connectivity index (χ2n) is 6.40. The molecule has 0 spiro atoms. The number of aryl methyl sites for hydroxylation is 1. The van der Waals surface area contributed by atoms with Gasteiger partial charge in [-0.25, -0.2) is 4.79 Å². The molecule has 0 atom stereocenters. The van der Waals surface area contributed by atoms with E-state index in [1.807, 2.05) is 0 Å². The van der Waals surface area contributed by atoms with E-state index in [1.54, 1.807) is 25.1 Å². The Morgan fingerprint density at radius 2 is 1.87 bits per heavy atom. The first-order valence-electron chi connectivity index (χ1n) is 8.72. The first kappa shape index (κ1) is 22.1. The number of carboxylic acid groups (broad SMARTS) is 1. The monoisotopic (exact) mass is 460 g/mol. The van der Waals surface area contributed by atoms with Crippen LogP contribution in [-0.2, 0) is 4.79 Å². The number of amides is 1.